The zero-order chi connectivity index (χ0) is 13.3. The number of aryl methyl sites for hydroxylation is 1. The lowest BCUT2D eigenvalue weighted by Crippen LogP contribution is -2.56. The lowest BCUT2D eigenvalue weighted by molar-refractivity contribution is -0.0709. The highest BCUT2D eigenvalue weighted by atomic mass is 16.5. The summed E-state index contributed by atoms with van der Waals surface area (Å²) >= 11 is 0. The topological polar surface area (TPSA) is 24.5 Å². The molecule has 0 radical (unpaired) electrons. The number of nitrogens with one attached hydrogen (secondary N) is 1. The van der Waals surface area contributed by atoms with Crippen LogP contribution in [0.15, 0.2) is 24.3 Å². The molecule has 19 heavy (non-hydrogen) atoms. The van der Waals surface area contributed by atoms with E-state index >= 15 is 0 Å². The van der Waals surface area contributed by atoms with E-state index in [1.165, 1.54) is 17.5 Å². The van der Waals surface area contributed by atoms with Crippen LogP contribution in [-0.2, 0) is 10.2 Å². The highest BCUT2D eigenvalue weighted by Gasteiger charge is 2.43. The SMILES string of the molecule is Cc1ccccc1C1(CC2CN(C)CCN2)COC1. The van der Waals surface area contributed by atoms with Gasteiger partial charge in [-0.2, -0.15) is 0 Å². The molecule has 2 heterocycles. The summed E-state index contributed by atoms with van der Waals surface area (Å²) in [5.74, 6) is 0. The first kappa shape index (κ1) is 13.1. The fourth-order valence-corrected chi connectivity index (χ4v) is 3.50. The van der Waals surface area contributed by atoms with Crippen LogP contribution < -0.4 is 5.32 Å². The van der Waals surface area contributed by atoms with E-state index in [1.54, 1.807) is 0 Å². The fraction of sp³-hybridized carbons (Fsp3) is 0.625. The Balaban J connectivity index is 1.78. The van der Waals surface area contributed by atoms with Gasteiger partial charge in [0, 0.05) is 31.1 Å². The lowest BCUT2D eigenvalue weighted by Gasteiger charge is -2.46. The fourth-order valence-electron chi connectivity index (χ4n) is 3.50. The Kier molecular flexibility index (Phi) is 3.61. The highest BCUT2D eigenvalue weighted by molar-refractivity contribution is 5.35. The van der Waals surface area contributed by atoms with Crippen molar-refractivity contribution in [3.05, 3.63) is 35.4 Å². The standard InChI is InChI=1S/C16H24N2O/c1-13-5-3-4-6-15(13)16(11-19-12-16)9-14-10-18(2)8-7-17-14/h3-6,14,17H,7-12H2,1-2H3. The van der Waals surface area contributed by atoms with Crippen LogP contribution in [0.4, 0.5) is 0 Å². The lowest BCUT2D eigenvalue weighted by atomic mass is 9.72. The van der Waals surface area contributed by atoms with Crippen molar-refractivity contribution in [3.63, 3.8) is 0 Å². The van der Waals surface area contributed by atoms with Crippen molar-refractivity contribution < 1.29 is 4.74 Å². The molecule has 0 saturated carbocycles. The molecule has 0 spiro atoms. The molecule has 1 N–H and O–H groups in total. The number of benzene rings is 1. The average Bonchev–Trinajstić information content (AvgIpc) is 2.35. The Morgan fingerprint density at radius 2 is 2.16 bits per heavy atom. The van der Waals surface area contributed by atoms with Gasteiger partial charge in [0.2, 0.25) is 0 Å². The molecule has 3 heteroatoms. The van der Waals surface area contributed by atoms with Crippen molar-refractivity contribution in [3.8, 4) is 0 Å². The minimum Gasteiger partial charge on any atom is -0.379 e. The number of hydrogen-bond donors (Lipinski definition) is 1. The minimum atomic E-state index is 0.237. The molecule has 2 saturated heterocycles. The third-order valence-electron chi connectivity index (χ3n) is 4.57. The zero-order valence-corrected chi connectivity index (χ0v) is 12.0. The molecule has 2 aliphatic heterocycles. The first-order valence-electron chi connectivity index (χ1n) is 7.25. The number of nitrogens with zero attached hydrogens (tertiary/aromatic N) is 1. The van der Waals surface area contributed by atoms with Crippen molar-refractivity contribution in [2.24, 2.45) is 0 Å². The summed E-state index contributed by atoms with van der Waals surface area (Å²) in [6.07, 6.45) is 1.18. The molecule has 0 aliphatic carbocycles. The van der Waals surface area contributed by atoms with Crippen LogP contribution in [0.2, 0.25) is 0 Å². The molecule has 0 amide bonds. The summed E-state index contributed by atoms with van der Waals surface area (Å²) in [4.78, 5) is 2.42. The van der Waals surface area contributed by atoms with Gasteiger partial charge >= 0.3 is 0 Å². The largest absolute Gasteiger partial charge is 0.379 e. The minimum absolute atomic E-state index is 0.237. The molecule has 1 aromatic rings. The van der Waals surface area contributed by atoms with Crippen LogP contribution in [-0.4, -0.2) is 50.8 Å². The number of rotatable bonds is 3. The first-order valence-corrected chi connectivity index (χ1v) is 7.25. The molecule has 3 rings (SSSR count). The van der Waals surface area contributed by atoms with E-state index in [9.17, 15) is 0 Å². The van der Waals surface area contributed by atoms with Crippen LogP contribution in [0.25, 0.3) is 0 Å². The van der Waals surface area contributed by atoms with Crippen LogP contribution in [0.5, 0.6) is 0 Å². The number of piperazine rings is 1. The molecule has 0 bridgehead atoms. The van der Waals surface area contributed by atoms with Gasteiger partial charge in [0.15, 0.2) is 0 Å². The van der Waals surface area contributed by atoms with E-state index in [1.807, 2.05) is 0 Å². The van der Waals surface area contributed by atoms with Gasteiger partial charge in [-0.3, -0.25) is 0 Å². The van der Waals surface area contributed by atoms with Crippen molar-refractivity contribution in [1.29, 1.82) is 0 Å². The van der Waals surface area contributed by atoms with Gasteiger partial charge in [-0.05, 0) is 31.5 Å². The number of hydrogen-bond acceptors (Lipinski definition) is 3. The Hall–Kier alpha value is -0.900. The Morgan fingerprint density at radius 3 is 2.79 bits per heavy atom. The van der Waals surface area contributed by atoms with Crippen LogP contribution in [0.3, 0.4) is 0 Å². The van der Waals surface area contributed by atoms with Crippen LogP contribution >= 0.6 is 0 Å². The Morgan fingerprint density at radius 1 is 1.37 bits per heavy atom. The summed E-state index contributed by atoms with van der Waals surface area (Å²) in [6, 6.07) is 9.36. The average molecular weight is 260 g/mol. The molecule has 1 atom stereocenters. The molecule has 104 valence electrons. The number of likely N-dealkylation sites (N-methyl/N-ethyl adjacent to an activating group) is 1. The maximum absolute atomic E-state index is 5.57. The molecule has 2 fully saturated rings. The quantitative estimate of drug-likeness (QED) is 0.892. The molecule has 0 aromatic heterocycles. The van der Waals surface area contributed by atoms with Gasteiger partial charge in [-0.15, -0.1) is 0 Å². The van der Waals surface area contributed by atoms with E-state index in [0.717, 1.165) is 32.8 Å². The summed E-state index contributed by atoms with van der Waals surface area (Å²) in [7, 11) is 2.21. The van der Waals surface area contributed by atoms with Gasteiger partial charge in [0.25, 0.3) is 0 Å². The summed E-state index contributed by atoms with van der Waals surface area (Å²) < 4.78 is 5.57. The predicted molar refractivity (Wildman–Crippen MR) is 77.6 cm³/mol. The summed E-state index contributed by atoms with van der Waals surface area (Å²) in [6.45, 7) is 7.37. The second-order valence-electron chi connectivity index (χ2n) is 6.21. The van der Waals surface area contributed by atoms with E-state index in [2.05, 4.69) is 48.5 Å². The smallest absolute Gasteiger partial charge is 0.0586 e. The van der Waals surface area contributed by atoms with Crippen molar-refractivity contribution in [2.75, 3.05) is 39.9 Å². The van der Waals surface area contributed by atoms with Crippen LogP contribution in [0, 0.1) is 6.92 Å². The predicted octanol–water partition coefficient (Wildman–Crippen LogP) is 1.56. The molecular weight excluding hydrogens is 236 g/mol. The second kappa shape index (κ2) is 5.23. The maximum Gasteiger partial charge on any atom is 0.0586 e. The third kappa shape index (κ3) is 2.55. The van der Waals surface area contributed by atoms with Gasteiger partial charge < -0.3 is 15.0 Å². The van der Waals surface area contributed by atoms with Gasteiger partial charge in [0.05, 0.1) is 13.2 Å². The Labute approximate surface area is 115 Å². The monoisotopic (exact) mass is 260 g/mol. The molecular formula is C16H24N2O. The maximum atomic E-state index is 5.57. The summed E-state index contributed by atoms with van der Waals surface area (Å²) in [5, 5.41) is 3.67. The van der Waals surface area contributed by atoms with Crippen molar-refractivity contribution >= 4 is 0 Å². The summed E-state index contributed by atoms with van der Waals surface area (Å²) in [5.41, 5.74) is 3.12. The number of ether oxygens (including phenoxy) is 1. The van der Waals surface area contributed by atoms with Gasteiger partial charge in [-0.1, -0.05) is 24.3 Å². The third-order valence-corrected chi connectivity index (χ3v) is 4.57. The molecule has 2 aliphatic rings. The van der Waals surface area contributed by atoms with E-state index in [4.69, 9.17) is 4.74 Å². The Bertz CT molecular complexity index is 442. The van der Waals surface area contributed by atoms with E-state index in [0.29, 0.717) is 6.04 Å². The van der Waals surface area contributed by atoms with Gasteiger partial charge in [-0.25, -0.2) is 0 Å². The normalized spacial score (nSPS) is 26.9. The highest BCUT2D eigenvalue weighted by Crippen LogP contribution is 2.38. The van der Waals surface area contributed by atoms with Crippen molar-refractivity contribution in [2.45, 2.75) is 24.8 Å². The van der Waals surface area contributed by atoms with Gasteiger partial charge in [0.1, 0.15) is 0 Å². The van der Waals surface area contributed by atoms with E-state index < -0.39 is 0 Å². The second-order valence-corrected chi connectivity index (χ2v) is 6.21. The molecule has 1 aromatic carbocycles. The molecule has 3 nitrogen and oxygen atoms in total. The van der Waals surface area contributed by atoms with Crippen molar-refractivity contribution in [1.82, 2.24) is 10.2 Å². The van der Waals surface area contributed by atoms with E-state index in [-0.39, 0.29) is 5.41 Å². The molecule has 1 unspecified atom stereocenters. The first-order chi connectivity index (χ1) is 9.20. The van der Waals surface area contributed by atoms with Crippen LogP contribution in [0.1, 0.15) is 17.5 Å². The zero-order valence-electron chi connectivity index (χ0n) is 12.0.